The Kier molecular flexibility index (Phi) is 9.68. The number of amides is 3. The molecule has 2 N–H and O–H groups in total. The largest absolute Gasteiger partial charge is 0.477 e. The number of aromatic carboxylic acids is 1. The Bertz CT molecular complexity index is 1450. The van der Waals surface area contributed by atoms with E-state index in [0.29, 0.717) is 36.0 Å². The average Bonchev–Trinajstić information content (AvgIpc) is 3.58. The van der Waals surface area contributed by atoms with Gasteiger partial charge >= 0.3 is 12.0 Å². The fourth-order valence-electron chi connectivity index (χ4n) is 6.32. The number of urea groups is 1. The molecule has 1 unspecified atom stereocenters. The molecular weight excluding hydrogens is 586 g/mol. The Balaban J connectivity index is 1.18. The SMILES string of the molecule is Cc1cc(Cl)nc(C)c1C(=O)NCCC(C)N1CCC(N2C(=O)N(Cc3ccc(C(=O)O)s3)C[C@H]2c2ccccc2)CC1. The number of pyridine rings is 1. The van der Waals surface area contributed by atoms with Crippen molar-refractivity contribution in [3.05, 3.63) is 85.8 Å². The van der Waals surface area contributed by atoms with Crippen LogP contribution in [0.1, 0.15) is 74.0 Å². The van der Waals surface area contributed by atoms with E-state index >= 15 is 0 Å². The van der Waals surface area contributed by atoms with Crippen LogP contribution < -0.4 is 5.32 Å². The van der Waals surface area contributed by atoms with Gasteiger partial charge in [-0.1, -0.05) is 41.9 Å². The van der Waals surface area contributed by atoms with Gasteiger partial charge in [-0.25, -0.2) is 14.6 Å². The van der Waals surface area contributed by atoms with Crippen LogP contribution in [0.2, 0.25) is 5.15 Å². The van der Waals surface area contributed by atoms with Crippen molar-refractivity contribution in [2.24, 2.45) is 0 Å². The predicted octanol–water partition coefficient (Wildman–Crippen LogP) is 5.76. The topological polar surface area (TPSA) is 106 Å². The fourth-order valence-corrected chi connectivity index (χ4v) is 7.47. The van der Waals surface area contributed by atoms with E-state index in [4.69, 9.17) is 11.6 Å². The zero-order valence-corrected chi connectivity index (χ0v) is 26.3. The summed E-state index contributed by atoms with van der Waals surface area (Å²) in [4.78, 5) is 49.7. The molecule has 2 aliphatic heterocycles. The molecule has 0 spiro atoms. The Labute approximate surface area is 261 Å². The molecule has 1 aromatic carbocycles. The molecule has 43 heavy (non-hydrogen) atoms. The summed E-state index contributed by atoms with van der Waals surface area (Å²) in [5, 5.41) is 12.7. The van der Waals surface area contributed by atoms with E-state index in [1.54, 1.807) is 25.1 Å². The molecule has 4 heterocycles. The number of carbonyl (C=O) groups excluding carboxylic acids is 2. The highest BCUT2D eigenvalue weighted by atomic mass is 35.5. The van der Waals surface area contributed by atoms with Gasteiger partial charge in [0, 0.05) is 43.1 Å². The lowest BCUT2D eigenvalue weighted by atomic mass is 9.98. The summed E-state index contributed by atoms with van der Waals surface area (Å²) in [5.74, 6) is -1.07. The fraction of sp³-hybridized carbons (Fsp3) is 0.438. The summed E-state index contributed by atoms with van der Waals surface area (Å²) >= 11 is 7.24. The average molecular weight is 624 g/mol. The minimum absolute atomic E-state index is 0.00983. The molecule has 5 rings (SSSR count). The van der Waals surface area contributed by atoms with E-state index in [-0.39, 0.29) is 34.9 Å². The van der Waals surface area contributed by atoms with Crippen LogP contribution in [0.25, 0.3) is 0 Å². The number of hydrogen-bond donors (Lipinski definition) is 2. The van der Waals surface area contributed by atoms with Crippen LogP contribution in [0.15, 0.2) is 48.5 Å². The number of hydrogen-bond acceptors (Lipinski definition) is 6. The van der Waals surface area contributed by atoms with Crippen molar-refractivity contribution in [2.75, 3.05) is 26.2 Å². The van der Waals surface area contributed by atoms with E-state index in [9.17, 15) is 19.5 Å². The van der Waals surface area contributed by atoms with E-state index in [1.807, 2.05) is 30.0 Å². The lowest BCUT2D eigenvalue weighted by Gasteiger charge is -2.41. The van der Waals surface area contributed by atoms with Crippen LogP contribution >= 0.6 is 22.9 Å². The molecule has 2 aliphatic rings. The number of thiophene rings is 1. The predicted molar refractivity (Wildman–Crippen MR) is 168 cm³/mol. The first-order valence-electron chi connectivity index (χ1n) is 14.7. The second-order valence-electron chi connectivity index (χ2n) is 11.5. The molecule has 0 bridgehead atoms. The standard InChI is InChI=1S/C32H38ClN5O4S/c1-20-17-28(33)35-22(3)29(20)30(39)34-14-11-21(2)36-15-12-24(13-16-36)38-26(23-7-5-4-6-8-23)19-37(32(38)42)18-25-9-10-27(43-25)31(40)41/h4-10,17,21,24,26H,11-16,18-19H2,1-3H3,(H,34,39)(H,40,41)/t21?,26-/m0/s1. The van der Waals surface area contributed by atoms with Gasteiger partial charge in [0.2, 0.25) is 0 Å². The van der Waals surface area contributed by atoms with Crippen LogP contribution in [-0.2, 0) is 6.54 Å². The van der Waals surface area contributed by atoms with Gasteiger partial charge in [0.05, 0.1) is 23.8 Å². The molecule has 9 nitrogen and oxygen atoms in total. The number of carboxylic acid groups (broad SMARTS) is 1. The lowest BCUT2D eigenvalue weighted by molar-refractivity contribution is 0.0701. The Morgan fingerprint density at radius 3 is 2.51 bits per heavy atom. The van der Waals surface area contributed by atoms with Gasteiger partial charge < -0.3 is 25.1 Å². The molecular formula is C32H38ClN5O4S. The maximum absolute atomic E-state index is 13.8. The van der Waals surface area contributed by atoms with Gasteiger partial charge in [-0.15, -0.1) is 11.3 Å². The molecule has 11 heteroatoms. The molecule has 0 aliphatic carbocycles. The highest BCUT2D eigenvalue weighted by molar-refractivity contribution is 7.13. The van der Waals surface area contributed by atoms with E-state index in [0.717, 1.165) is 48.4 Å². The minimum atomic E-state index is -0.944. The number of halogens is 1. The van der Waals surface area contributed by atoms with Crippen molar-refractivity contribution in [3.8, 4) is 0 Å². The maximum atomic E-state index is 13.8. The normalized spacial score (nSPS) is 18.7. The van der Waals surface area contributed by atoms with E-state index < -0.39 is 5.97 Å². The van der Waals surface area contributed by atoms with Crippen molar-refractivity contribution in [2.45, 2.75) is 64.7 Å². The van der Waals surface area contributed by atoms with Crippen LogP contribution in [0.3, 0.4) is 0 Å². The molecule has 2 aromatic heterocycles. The van der Waals surface area contributed by atoms with Crippen LogP contribution in [0.4, 0.5) is 4.79 Å². The van der Waals surface area contributed by atoms with Gasteiger partial charge in [0.1, 0.15) is 10.0 Å². The summed E-state index contributed by atoms with van der Waals surface area (Å²) < 4.78 is 0. The maximum Gasteiger partial charge on any atom is 0.345 e. The number of benzene rings is 1. The summed E-state index contributed by atoms with van der Waals surface area (Å²) in [6, 6.07) is 15.6. The molecule has 0 radical (unpaired) electrons. The van der Waals surface area contributed by atoms with Gasteiger partial charge in [-0.05, 0) is 69.4 Å². The zero-order chi connectivity index (χ0) is 30.7. The third kappa shape index (κ3) is 7.03. The molecule has 2 fully saturated rings. The monoisotopic (exact) mass is 623 g/mol. The van der Waals surface area contributed by atoms with Gasteiger partial charge in [0.15, 0.2) is 0 Å². The van der Waals surface area contributed by atoms with Crippen molar-refractivity contribution >= 4 is 40.8 Å². The second-order valence-corrected chi connectivity index (χ2v) is 13.0. The quantitative estimate of drug-likeness (QED) is 0.278. The first-order chi connectivity index (χ1) is 20.6. The summed E-state index contributed by atoms with van der Waals surface area (Å²) in [6.45, 7) is 9.13. The summed E-state index contributed by atoms with van der Waals surface area (Å²) in [5.41, 5.74) is 3.14. The van der Waals surface area contributed by atoms with Gasteiger partial charge in [-0.2, -0.15) is 0 Å². The zero-order valence-electron chi connectivity index (χ0n) is 24.8. The Morgan fingerprint density at radius 2 is 1.86 bits per heavy atom. The minimum Gasteiger partial charge on any atom is -0.477 e. The first kappa shape index (κ1) is 31.0. The van der Waals surface area contributed by atoms with Crippen LogP contribution in [-0.4, -0.2) is 81.0 Å². The van der Waals surface area contributed by atoms with E-state index in [1.165, 1.54) is 11.3 Å². The van der Waals surface area contributed by atoms with Crippen molar-refractivity contribution in [1.82, 2.24) is 25.0 Å². The van der Waals surface area contributed by atoms with Crippen molar-refractivity contribution < 1.29 is 19.5 Å². The number of likely N-dealkylation sites (tertiary alicyclic amines) is 1. The number of aromatic nitrogens is 1. The number of nitrogens with zero attached hydrogens (tertiary/aromatic N) is 4. The Hall–Kier alpha value is -3.47. The van der Waals surface area contributed by atoms with E-state index in [2.05, 4.69) is 39.2 Å². The summed E-state index contributed by atoms with van der Waals surface area (Å²) in [7, 11) is 0. The molecule has 2 saturated heterocycles. The van der Waals surface area contributed by atoms with Crippen molar-refractivity contribution in [3.63, 3.8) is 0 Å². The van der Waals surface area contributed by atoms with Crippen LogP contribution in [0, 0.1) is 13.8 Å². The molecule has 3 aromatic rings. The first-order valence-corrected chi connectivity index (χ1v) is 15.9. The number of rotatable bonds is 10. The molecule has 2 atom stereocenters. The summed E-state index contributed by atoms with van der Waals surface area (Å²) in [6.07, 6.45) is 2.56. The number of nitrogens with one attached hydrogen (secondary N) is 1. The number of aryl methyl sites for hydroxylation is 2. The molecule has 0 saturated carbocycles. The number of carboxylic acids is 1. The number of piperidine rings is 1. The van der Waals surface area contributed by atoms with Crippen molar-refractivity contribution in [1.29, 1.82) is 0 Å². The molecule has 3 amide bonds. The lowest BCUT2D eigenvalue weighted by Crippen LogP contribution is -2.49. The highest BCUT2D eigenvalue weighted by Crippen LogP contribution is 2.36. The third-order valence-corrected chi connectivity index (χ3v) is 9.83. The highest BCUT2D eigenvalue weighted by Gasteiger charge is 2.43. The smallest absolute Gasteiger partial charge is 0.345 e. The van der Waals surface area contributed by atoms with Crippen LogP contribution in [0.5, 0.6) is 0 Å². The van der Waals surface area contributed by atoms with Gasteiger partial charge in [-0.3, -0.25) is 4.79 Å². The second kappa shape index (κ2) is 13.4. The third-order valence-electron chi connectivity index (χ3n) is 8.58. The molecule has 228 valence electrons. The van der Waals surface area contributed by atoms with Gasteiger partial charge in [0.25, 0.3) is 5.91 Å². The Morgan fingerprint density at radius 1 is 1.14 bits per heavy atom. The number of carbonyl (C=O) groups is 3.